The number of nitrogens with one attached hydrogen (secondary N) is 3. The van der Waals surface area contributed by atoms with Gasteiger partial charge < -0.3 is 40.0 Å². The highest BCUT2D eigenvalue weighted by molar-refractivity contribution is 9.10. The van der Waals surface area contributed by atoms with Crippen molar-refractivity contribution in [1.29, 1.82) is 0 Å². The number of anilines is 2. The molecule has 6 amide bonds. The zero-order valence-corrected chi connectivity index (χ0v) is 37.5. The Bertz CT molecular complexity index is 2510. The maximum Gasteiger partial charge on any atom is 0.408 e. The summed E-state index contributed by atoms with van der Waals surface area (Å²) >= 11 is 3.68. The number of fused-ring (bicyclic) bond motifs is 1. The van der Waals surface area contributed by atoms with E-state index in [0.717, 1.165) is 4.90 Å². The van der Waals surface area contributed by atoms with Crippen LogP contribution in [0.15, 0.2) is 112 Å². The molecule has 0 radical (unpaired) electrons. The third-order valence-electron chi connectivity index (χ3n) is 11.4. The van der Waals surface area contributed by atoms with Crippen LogP contribution in [0.2, 0.25) is 0 Å². The van der Waals surface area contributed by atoms with Crippen LogP contribution in [-0.2, 0) is 23.9 Å². The van der Waals surface area contributed by atoms with Gasteiger partial charge in [-0.1, -0.05) is 60.7 Å². The number of likely N-dealkylation sites (tertiary alicyclic amines) is 2. The zero-order chi connectivity index (χ0) is 45.7. The second kappa shape index (κ2) is 19.8. The Morgan fingerprint density at radius 2 is 1.28 bits per heavy atom. The van der Waals surface area contributed by atoms with E-state index >= 15 is 0 Å². The van der Waals surface area contributed by atoms with Gasteiger partial charge >= 0.3 is 12.2 Å². The van der Waals surface area contributed by atoms with Crippen molar-refractivity contribution in [3.05, 3.63) is 119 Å². The van der Waals surface area contributed by atoms with Gasteiger partial charge in [0.15, 0.2) is 0 Å². The summed E-state index contributed by atoms with van der Waals surface area (Å²) in [6.45, 7) is 7.53. The zero-order valence-electron chi connectivity index (χ0n) is 36.0. The molecule has 0 bridgehead atoms. The smallest absolute Gasteiger partial charge is 0.408 e. The van der Waals surface area contributed by atoms with Crippen molar-refractivity contribution in [3.63, 3.8) is 0 Å². The Morgan fingerprint density at radius 1 is 0.734 bits per heavy atom. The quantitative estimate of drug-likeness (QED) is 0.0895. The van der Waals surface area contributed by atoms with Crippen molar-refractivity contribution >= 4 is 74.1 Å². The van der Waals surface area contributed by atoms with Gasteiger partial charge in [0, 0.05) is 41.5 Å². The van der Waals surface area contributed by atoms with Crippen LogP contribution in [0, 0.1) is 0 Å². The third-order valence-corrected chi connectivity index (χ3v) is 12.2. The normalized spacial score (nSPS) is 17.0. The van der Waals surface area contributed by atoms with Crippen molar-refractivity contribution in [2.45, 2.75) is 89.7 Å². The molecular weight excluding hydrogens is 884 g/mol. The molecule has 0 saturated carbocycles. The fraction of sp³-hybridized carbons (Fsp3) is 0.333. The summed E-state index contributed by atoms with van der Waals surface area (Å²) in [7, 11) is 0. The maximum absolute atomic E-state index is 14.1. The first-order chi connectivity index (χ1) is 30.7. The number of amides is 6. The highest BCUT2D eigenvalue weighted by atomic mass is 79.9. The van der Waals surface area contributed by atoms with E-state index < -0.39 is 54.2 Å². The van der Waals surface area contributed by atoms with Gasteiger partial charge in [0.2, 0.25) is 11.8 Å². The summed E-state index contributed by atoms with van der Waals surface area (Å²) in [5.41, 5.74) is 3.35. The number of carbonyl (C=O) groups excluding carboxylic acids is 5. The summed E-state index contributed by atoms with van der Waals surface area (Å²) in [5.74, 6) is -1.08. The first-order valence-corrected chi connectivity index (χ1v) is 22.1. The van der Waals surface area contributed by atoms with Crippen molar-refractivity contribution in [2.24, 2.45) is 0 Å². The van der Waals surface area contributed by atoms with Crippen molar-refractivity contribution in [3.8, 4) is 11.3 Å². The number of benzene rings is 4. The molecule has 2 aliphatic heterocycles. The number of hydrogen-bond acceptors (Lipinski definition) is 8. The van der Waals surface area contributed by atoms with E-state index in [1.165, 1.54) is 9.80 Å². The number of carbonyl (C=O) groups is 6. The molecule has 4 atom stereocenters. The summed E-state index contributed by atoms with van der Waals surface area (Å²) in [6.07, 6.45) is -0.260. The van der Waals surface area contributed by atoms with E-state index in [9.17, 15) is 33.9 Å². The molecule has 2 fully saturated rings. The Hall–Kier alpha value is -6.68. The summed E-state index contributed by atoms with van der Waals surface area (Å²) in [5, 5.41) is 19.4. The fourth-order valence-corrected chi connectivity index (χ4v) is 9.02. The van der Waals surface area contributed by atoms with E-state index in [0.29, 0.717) is 88.0 Å². The van der Waals surface area contributed by atoms with Gasteiger partial charge in [0.1, 0.15) is 35.5 Å². The van der Waals surface area contributed by atoms with Crippen LogP contribution < -0.4 is 16.0 Å². The highest BCUT2D eigenvalue weighted by Gasteiger charge is 2.42. The first-order valence-electron chi connectivity index (χ1n) is 21.3. The van der Waals surface area contributed by atoms with E-state index in [1.54, 1.807) is 125 Å². The van der Waals surface area contributed by atoms with Crippen LogP contribution in [-0.4, -0.2) is 92.9 Å². The predicted octanol–water partition coefficient (Wildman–Crippen LogP) is 8.73. The molecule has 0 aliphatic carbocycles. The third kappa shape index (κ3) is 9.91. The molecule has 0 unspecified atom stereocenters. The molecule has 1 aromatic heterocycles. The van der Waals surface area contributed by atoms with Crippen molar-refractivity contribution in [2.75, 3.05) is 23.7 Å². The summed E-state index contributed by atoms with van der Waals surface area (Å²) < 4.78 is 12.1. The number of furan rings is 1. The largest absolute Gasteiger partial charge is 0.465 e. The molecule has 15 nitrogen and oxygen atoms in total. The van der Waals surface area contributed by atoms with E-state index in [4.69, 9.17) is 9.15 Å². The van der Waals surface area contributed by atoms with E-state index in [2.05, 4.69) is 31.9 Å². The average Bonchev–Trinajstić information content (AvgIpc) is 4.05. The van der Waals surface area contributed by atoms with Gasteiger partial charge in [0.25, 0.3) is 11.8 Å². The highest BCUT2D eigenvalue weighted by Crippen LogP contribution is 2.39. The molecule has 4 aromatic carbocycles. The second-order valence-electron chi connectivity index (χ2n) is 16.4. The van der Waals surface area contributed by atoms with E-state index in [1.807, 2.05) is 6.07 Å². The second-order valence-corrected chi connectivity index (χ2v) is 17.2. The topological polar surface area (TPSA) is 191 Å². The molecule has 4 N–H and O–H groups in total. The van der Waals surface area contributed by atoms with Crippen LogP contribution in [0.1, 0.15) is 76.6 Å². The Labute approximate surface area is 379 Å². The first kappa shape index (κ1) is 45.3. The lowest BCUT2D eigenvalue weighted by molar-refractivity contribution is -0.141. The standard InChI is InChI=1S/C48H51BrN6O9/c1-28(2)55(48(61)62)41(31-15-9-6-10-16-31)46(59)54-26-12-18-37(54)43(56)50-33-21-19-32(20-22-33)42-39(49)35-27-34(23-24-38(35)64-42)51-44(57)36-17-11-25-53(36)45(58)40(30-13-7-5-8-14-30)52-47(60)63-29(3)4/h5-10,13-16,19-24,27-29,36-37,40-41H,11-12,17-18,25-26H2,1-4H3,(H,50,56)(H,51,57)(H,52,60)(H,61,62)/t36-,37-,40+,41+/m0/s1. The van der Waals surface area contributed by atoms with Crippen molar-refractivity contribution < 1.29 is 43.0 Å². The summed E-state index contributed by atoms with van der Waals surface area (Å²) in [6, 6.07) is 25.7. The van der Waals surface area contributed by atoms with Gasteiger partial charge in [0.05, 0.1) is 10.6 Å². The lowest BCUT2D eigenvalue weighted by atomic mass is 10.0. The Balaban J connectivity index is 1.02. The molecule has 3 heterocycles. The van der Waals surface area contributed by atoms with Crippen LogP contribution >= 0.6 is 15.9 Å². The number of ether oxygens (including phenoxy) is 1. The molecule has 5 aromatic rings. The average molecular weight is 936 g/mol. The number of halogens is 1. The van der Waals surface area contributed by atoms with Gasteiger partial charge in [-0.3, -0.25) is 24.1 Å². The molecular formula is C48H51BrN6O9. The van der Waals surface area contributed by atoms with Crippen LogP contribution in [0.5, 0.6) is 0 Å². The molecule has 64 heavy (non-hydrogen) atoms. The number of hydrogen-bond donors (Lipinski definition) is 4. The molecule has 2 saturated heterocycles. The number of alkyl carbamates (subject to hydrolysis) is 1. The minimum absolute atomic E-state index is 0.319. The number of rotatable bonds is 13. The lowest BCUT2D eigenvalue weighted by Gasteiger charge is -2.36. The Kier molecular flexibility index (Phi) is 14.0. The molecule has 16 heteroatoms. The maximum atomic E-state index is 14.1. The summed E-state index contributed by atoms with van der Waals surface area (Å²) in [4.78, 5) is 84.8. The predicted molar refractivity (Wildman–Crippen MR) is 244 cm³/mol. The fourth-order valence-electron chi connectivity index (χ4n) is 8.40. The van der Waals surface area contributed by atoms with Crippen LogP contribution in [0.3, 0.4) is 0 Å². The number of nitrogens with zero attached hydrogens (tertiary/aromatic N) is 3. The molecule has 2 aliphatic rings. The van der Waals surface area contributed by atoms with Gasteiger partial charge in [-0.15, -0.1) is 0 Å². The van der Waals surface area contributed by atoms with Crippen LogP contribution in [0.25, 0.3) is 22.3 Å². The molecule has 7 rings (SSSR count). The van der Waals surface area contributed by atoms with Gasteiger partial charge in [-0.05, 0) is 123 Å². The van der Waals surface area contributed by atoms with E-state index in [-0.39, 0.29) is 17.9 Å². The minimum atomic E-state index is -1.22. The van der Waals surface area contributed by atoms with Crippen molar-refractivity contribution in [1.82, 2.24) is 20.0 Å². The monoisotopic (exact) mass is 934 g/mol. The molecule has 334 valence electrons. The lowest BCUT2D eigenvalue weighted by Crippen LogP contribution is -2.51. The molecule has 0 spiro atoms. The van der Waals surface area contributed by atoms with Gasteiger partial charge in [-0.2, -0.15) is 0 Å². The SMILES string of the molecule is CC(C)OC(=O)N[C@@H](C(=O)N1CCC[C@H]1C(=O)Nc1ccc2oc(-c3ccc(NC(=O)[C@@H]4CCCN4C(=O)[C@@H](c4ccccc4)N(C(=O)O)C(C)C)cc3)c(Br)c2c1)c1ccccc1. The number of carboxylic acid groups (broad SMARTS) is 1. The van der Waals surface area contributed by atoms with Crippen LogP contribution in [0.4, 0.5) is 21.0 Å². The minimum Gasteiger partial charge on any atom is -0.465 e. The Morgan fingerprint density at radius 3 is 1.84 bits per heavy atom. The van der Waals surface area contributed by atoms with Gasteiger partial charge in [-0.25, -0.2) is 9.59 Å².